The van der Waals surface area contributed by atoms with Gasteiger partial charge in [0.15, 0.2) is 5.65 Å². The molecule has 2 aromatic heterocycles. The normalized spacial score (nSPS) is 15.3. The molecule has 0 aliphatic carbocycles. The van der Waals surface area contributed by atoms with E-state index in [9.17, 15) is 4.79 Å². The van der Waals surface area contributed by atoms with Crippen LogP contribution in [0.25, 0.3) is 16.9 Å². The van der Waals surface area contributed by atoms with Gasteiger partial charge in [-0.15, -0.1) is 0 Å². The average Bonchev–Trinajstić information content (AvgIpc) is 3.45. The summed E-state index contributed by atoms with van der Waals surface area (Å²) in [6, 6.07) is 16.9. The van der Waals surface area contributed by atoms with Crippen LogP contribution in [0.15, 0.2) is 72.2 Å². The van der Waals surface area contributed by atoms with E-state index in [1.165, 1.54) is 16.7 Å². The van der Waals surface area contributed by atoms with Crippen molar-refractivity contribution in [2.75, 3.05) is 19.0 Å². The molecule has 0 radical (unpaired) electrons. The molecule has 0 saturated heterocycles. The SMILES string of the molecule is CN(C(=O)c1cn2c(-c3ccc(C4=NN(C)C(N)S4)cc3)cnc2cn1)c1ccc(C#N)cc1. The lowest BCUT2D eigenvalue weighted by molar-refractivity contribution is 0.0988. The highest BCUT2D eigenvalue weighted by Crippen LogP contribution is 2.28. The van der Waals surface area contributed by atoms with Crippen molar-refractivity contribution >= 4 is 34.0 Å². The summed E-state index contributed by atoms with van der Waals surface area (Å²) < 4.78 is 1.85. The third kappa shape index (κ3) is 3.87. The van der Waals surface area contributed by atoms with Gasteiger partial charge in [-0.1, -0.05) is 36.0 Å². The van der Waals surface area contributed by atoms with Crippen molar-refractivity contribution in [3.8, 4) is 17.3 Å². The van der Waals surface area contributed by atoms with E-state index in [2.05, 4.69) is 21.1 Å². The number of hydrogen-bond donors (Lipinski definition) is 1. The molecule has 0 bridgehead atoms. The van der Waals surface area contributed by atoms with Crippen LogP contribution in [0, 0.1) is 11.3 Å². The number of nitriles is 1. The Morgan fingerprint density at radius 3 is 2.44 bits per heavy atom. The van der Waals surface area contributed by atoms with Crippen LogP contribution in [-0.4, -0.2) is 49.9 Å². The Kier molecular flexibility index (Phi) is 5.49. The van der Waals surface area contributed by atoms with Crippen LogP contribution in [0.2, 0.25) is 0 Å². The lowest BCUT2D eigenvalue weighted by Gasteiger charge is -2.17. The van der Waals surface area contributed by atoms with Crippen LogP contribution >= 0.6 is 11.8 Å². The molecule has 1 atom stereocenters. The first-order valence-electron chi connectivity index (χ1n) is 10.4. The fourth-order valence-electron chi connectivity index (χ4n) is 3.59. The Labute approximate surface area is 200 Å². The maximum atomic E-state index is 13.1. The van der Waals surface area contributed by atoms with Gasteiger partial charge in [-0.2, -0.15) is 10.4 Å². The fourth-order valence-corrected chi connectivity index (χ4v) is 4.46. The molecule has 0 spiro atoms. The number of nitrogens with two attached hydrogens (primary N) is 1. The highest BCUT2D eigenvalue weighted by atomic mass is 32.2. The Morgan fingerprint density at radius 1 is 1.09 bits per heavy atom. The molecular weight excluding hydrogens is 448 g/mol. The summed E-state index contributed by atoms with van der Waals surface area (Å²) in [7, 11) is 3.53. The summed E-state index contributed by atoms with van der Waals surface area (Å²) in [5.74, 6) is -0.265. The predicted molar refractivity (Wildman–Crippen MR) is 132 cm³/mol. The first-order chi connectivity index (χ1) is 16.4. The highest BCUT2D eigenvalue weighted by molar-refractivity contribution is 8.15. The Hall–Kier alpha value is -4.20. The molecular formula is C24H20N8OS. The first kappa shape index (κ1) is 21.6. The summed E-state index contributed by atoms with van der Waals surface area (Å²) in [5.41, 5.74) is 10.7. The van der Waals surface area contributed by atoms with Crippen LogP contribution in [0.5, 0.6) is 0 Å². The van der Waals surface area contributed by atoms with Crippen molar-refractivity contribution < 1.29 is 4.79 Å². The number of anilines is 1. The van der Waals surface area contributed by atoms with E-state index in [1.54, 1.807) is 54.9 Å². The van der Waals surface area contributed by atoms with Crippen molar-refractivity contribution in [1.82, 2.24) is 19.4 Å². The largest absolute Gasteiger partial charge is 0.310 e. The highest BCUT2D eigenvalue weighted by Gasteiger charge is 2.22. The molecule has 2 aromatic carbocycles. The van der Waals surface area contributed by atoms with Gasteiger partial charge >= 0.3 is 0 Å². The van der Waals surface area contributed by atoms with E-state index < -0.39 is 0 Å². The number of amides is 1. The van der Waals surface area contributed by atoms with Crippen LogP contribution in [0.4, 0.5) is 5.69 Å². The predicted octanol–water partition coefficient (Wildman–Crippen LogP) is 3.13. The number of imidazole rings is 1. The van der Waals surface area contributed by atoms with E-state index in [0.717, 1.165) is 21.9 Å². The molecule has 10 heteroatoms. The topological polar surface area (TPSA) is 116 Å². The third-order valence-electron chi connectivity index (χ3n) is 5.58. The zero-order valence-corrected chi connectivity index (χ0v) is 19.3. The number of nitrogens with zero attached hydrogens (tertiary/aromatic N) is 7. The molecule has 34 heavy (non-hydrogen) atoms. The molecule has 1 amide bonds. The smallest absolute Gasteiger partial charge is 0.278 e. The molecule has 9 nitrogen and oxygen atoms in total. The standard InChI is InChI=1S/C24H20N8OS/c1-30(18-9-3-15(11-25)4-10-18)23(33)19-14-32-20(12-28-21(32)13-27-19)16-5-7-17(8-6-16)22-29-31(2)24(26)34-22/h3-10,12-14,24H,26H2,1-2H3. The fraction of sp³-hybridized carbons (Fsp3) is 0.125. The second kappa shape index (κ2) is 8.62. The van der Waals surface area contributed by atoms with Crippen molar-refractivity contribution in [3.05, 3.63) is 83.9 Å². The molecule has 168 valence electrons. The minimum absolute atomic E-state index is 0.181. The second-order valence-corrected chi connectivity index (χ2v) is 8.84. The molecule has 4 aromatic rings. The van der Waals surface area contributed by atoms with Crippen LogP contribution in [0.1, 0.15) is 21.6 Å². The number of rotatable bonds is 4. The number of aromatic nitrogens is 3. The molecule has 2 N–H and O–H groups in total. The summed E-state index contributed by atoms with van der Waals surface area (Å²) in [6.45, 7) is 0. The van der Waals surface area contributed by atoms with E-state index in [1.807, 2.05) is 35.7 Å². The second-order valence-electron chi connectivity index (χ2n) is 7.73. The quantitative estimate of drug-likeness (QED) is 0.489. The Balaban J connectivity index is 1.43. The minimum Gasteiger partial charge on any atom is -0.310 e. The maximum absolute atomic E-state index is 13.1. The van der Waals surface area contributed by atoms with Crippen LogP contribution in [-0.2, 0) is 0 Å². The molecule has 1 unspecified atom stereocenters. The lowest BCUT2D eigenvalue weighted by Crippen LogP contribution is -2.28. The molecule has 0 saturated carbocycles. The monoisotopic (exact) mass is 468 g/mol. The lowest BCUT2D eigenvalue weighted by atomic mass is 10.1. The van der Waals surface area contributed by atoms with Gasteiger partial charge in [0.25, 0.3) is 5.91 Å². The number of carbonyl (C=O) groups is 1. The van der Waals surface area contributed by atoms with Crippen molar-refractivity contribution in [2.45, 2.75) is 5.50 Å². The summed E-state index contributed by atoms with van der Waals surface area (Å²) >= 11 is 1.51. The molecule has 3 heterocycles. The average molecular weight is 469 g/mol. The molecule has 1 aliphatic heterocycles. The van der Waals surface area contributed by atoms with Gasteiger partial charge in [-0.3, -0.25) is 14.2 Å². The summed E-state index contributed by atoms with van der Waals surface area (Å²) in [5, 5.41) is 16.1. The number of hydrogen-bond acceptors (Lipinski definition) is 8. The number of fused-ring (bicyclic) bond motifs is 1. The number of benzene rings is 2. The van der Waals surface area contributed by atoms with Gasteiger partial charge in [0.2, 0.25) is 0 Å². The van der Waals surface area contributed by atoms with Gasteiger partial charge in [0.05, 0.1) is 29.7 Å². The van der Waals surface area contributed by atoms with Crippen LogP contribution in [0.3, 0.4) is 0 Å². The zero-order chi connectivity index (χ0) is 23.8. The molecule has 0 fully saturated rings. The number of thioether (sulfide) groups is 1. The summed E-state index contributed by atoms with van der Waals surface area (Å²) in [4.78, 5) is 23.3. The summed E-state index contributed by atoms with van der Waals surface area (Å²) in [6.07, 6.45) is 5.04. The number of hydrazone groups is 1. The Bertz CT molecular complexity index is 1450. The van der Waals surface area contributed by atoms with E-state index >= 15 is 0 Å². The van der Waals surface area contributed by atoms with E-state index in [-0.39, 0.29) is 17.1 Å². The minimum atomic E-state index is -0.265. The van der Waals surface area contributed by atoms with Crippen molar-refractivity contribution in [2.24, 2.45) is 10.8 Å². The first-order valence-corrected chi connectivity index (χ1v) is 11.3. The van der Waals surface area contributed by atoms with Gasteiger partial charge in [-0.25, -0.2) is 9.97 Å². The maximum Gasteiger partial charge on any atom is 0.278 e. The zero-order valence-electron chi connectivity index (χ0n) is 18.5. The third-order valence-corrected chi connectivity index (χ3v) is 6.67. The van der Waals surface area contributed by atoms with Crippen molar-refractivity contribution in [1.29, 1.82) is 5.26 Å². The van der Waals surface area contributed by atoms with Crippen LogP contribution < -0.4 is 10.6 Å². The molecule has 1 aliphatic rings. The van der Waals surface area contributed by atoms with Gasteiger partial charge in [-0.05, 0) is 24.3 Å². The van der Waals surface area contributed by atoms with E-state index in [0.29, 0.717) is 16.9 Å². The molecule has 5 rings (SSSR count). The van der Waals surface area contributed by atoms with E-state index in [4.69, 9.17) is 11.0 Å². The number of carbonyl (C=O) groups excluding carboxylic acids is 1. The van der Waals surface area contributed by atoms with Gasteiger partial charge < -0.3 is 10.6 Å². The Morgan fingerprint density at radius 2 is 1.79 bits per heavy atom. The van der Waals surface area contributed by atoms with Gasteiger partial charge in [0.1, 0.15) is 16.2 Å². The van der Waals surface area contributed by atoms with Crippen molar-refractivity contribution in [3.63, 3.8) is 0 Å². The van der Waals surface area contributed by atoms with Gasteiger partial charge in [0, 0.05) is 37.1 Å².